The van der Waals surface area contributed by atoms with E-state index in [1.165, 1.54) is 0 Å². The zero-order valence-corrected chi connectivity index (χ0v) is 18.3. The van der Waals surface area contributed by atoms with Crippen LogP contribution < -0.4 is 10.1 Å². The van der Waals surface area contributed by atoms with Gasteiger partial charge in [0.15, 0.2) is 6.73 Å². The molecule has 2 aromatic carbocycles. The first-order chi connectivity index (χ1) is 14.1. The molecule has 148 valence electrons. The number of carbonyl (C=O) groups is 1. The lowest BCUT2D eigenvalue weighted by Crippen LogP contribution is -2.27. The Morgan fingerprint density at radius 1 is 1.21 bits per heavy atom. The van der Waals surface area contributed by atoms with Crippen LogP contribution in [-0.2, 0) is 16.4 Å². The zero-order valence-electron chi connectivity index (χ0n) is 15.1. The van der Waals surface area contributed by atoms with Gasteiger partial charge in [-0.3, -0.25) is 4.79 Å². The Bertz CT molecular complexity index is 1050. The van der Waals surface area contributed by atoms with Gasteiger partial charge in [-0.15, -0.1) is 0 Å². The van der Waals surface area contributed by atoms with Gasteiger partial charge in [0.25, 0.3) is 5.91 Å². The summed E-state index contributed by atoms with van der Waals surface area (Å²) in [5.74, 6) is 0.456. The quantitative estimate of drug-likeness (QED) is 0.517. The molecule has 1 unspecified atom stereocenters. The molecule has 2 heterocycles. The van der Waals surface area contributed by atoms with E-state index in [-0.39, 0.29) is 12.6 Å². The fraction of sp³-hybridized carbons (Fsp3) is 0.150. The van der Waals surface area contributed by atoms with Gasteiger partial charge in [-0.25, -0.2) is 4.68 Å². The first-order valence-corrected chi connectivity index (χ1v) is 10.4. The monoisotopic (exact) mass is 518 g/mol. The van der Waals surface area contributed by atoms with E-state index in [2.05, 4.69) is 47.4 Å². The van der Waals surface area contributed by atoms with Crippen molar-refractivity contribution in [3.63, 3.8) is 0 Å². The largest absolute Gasteiger partial charge is 0.471 e. The third-order valence-corrected chi connectivity index (χ3v) is 5.22. The molecule has 0 bridgehead atoms. The summed E-state index contributed by atoms with van der Waals surface area (Å²) >= 11 is 6.82. The van der Waals surface area contributed by atoms with Crippen LogP contribution in [0.15, 0.2) is 75.0 Å². The van der Waals surface area contributed by atoms with E-state index in [0.717, 1.165) is 26.0 Å². The molecule has 4 rings (SSSR count). The van der Waals surface area contributed by atoms with Gasteiger partial charge in [-0.1, -0.05) is 49.1 Å². The fourth-order valence-electron chi connectivity index (χ4n) is 2.75. The van der Waals surface area contributed by atoms with E-state index in [0.29, 0.717) is 12.1 Å². The second-order valence-corrected chi connectivity index (χ2v) is 8.16. The molecule has 0 fully saturated rings. The Labute approximate surface area is 183 Å². The average Bonchev–Trinajstić information content (AvgIpc) is 3.37. The van der Waals surface area contributed by atoms with Crippen molar-refractivity contribution in [1.82, 2.24) is 9.78 Å². The van der Waals surface area contributed by atoms with Gasteiger partial charge in [0.05, 0.1) is 23.8 Å². The number of rotatable bonds is 6. The molecule has 1 aromatic heterocycles. The molecule has 1 aliphatic heterocycles. The summed E-state index contributed by atoms with van der Waals surface area (Å²) in [6.07, 6.45) is 2.99. The number of anilines is 1. The van der Waals surface area contributed by atoms with Crippen LogP contribution in [-0.4, -0.2) is 27.5 Å². The molecule has 7 nitrogen and oxygen atoms in total. The summed E-state index contributed by atoms with van der Waals surface area (Å²) in [5.41, 5.74) is 2.23. The average molecular weight is 520 g/mol. The van der Waals surface area contributed by atoms with Crippen LogP contribution in [0.25, 0.3) is 0 Å². The summed E-state index contributed by atoms with van der Waals surface area (Å²) in [5, 5.41) is 11.1. The molecule has 1 aliphatic rings. The lowest BCUT2D eigenvalue weighted by molar-refractivity contribution is -0.125. The third kappa shape index (κ3) is 5.04. The predicted octanol–water partition coefficient (Wildman–Crippen LogP) is 4.58. The summed E-state index contributed by atoms with van der Waals surface area (Å²) < 4.78 is 9.18. The van der Waals surface area contributed by atoms with Crippen molar-refractivity contribution < 1.29 is 14.4 Å². The highest BCUT2D eigenvalue weighted by Gasteiger charge is 2.29. The van der Waals surface area contributed by atoms with E-state index < -0.39 is 6.10 Å². The number of benzene rings is 2. The van der Waals surface area contributed by atoms with E-state index >= 15 is 0 Å². The topological polar surface area (TPSA) is 77.7 Å². The van der Waals surface area contributed by atoms with Gasteiger partial charge in [0.2, 0.25) is 6.10 Å². The molecule has 0 saturated carbocycles. The van der Waals surface area contributed by atoms with Crippen LogP contribution in [0.4, 0.5) is 5.69 Å². The zero-order chi connectivity index (χ0) is 20.2. The normalized spacial score (nSPS) is 15.5. The molecular formula is C20H16Br2N4O3. The van der Waals surface area contributed by atoms with Crippen molar-refractivity contribution in [3.8, 4) is 5.75 Å². The molecule has 1 atom stereocenters. The maximum absolute atomic E-state index is 12.5. The maximum Gasteiger partial charge on any atom is 0.268 e. The number of hydrogen-bond acceptors (Lipinski definition) is 5. The van der Waals surface area contributed by atoms with Gasteiger partial charge >= 0.3 is 0 Å². The lowest BCUT2D eigenvalue weighted by atomic mass is 10.0. The number of nitrogens with one attached hydrogen (secondary N) is 1. The molecule has 0 saturated heterocycles. The first-order valence-electron chi connectivity index (χ1n) is 8.77. The molecule has 0 radical (unpaired) electrons. The standard InChI is InChI=1S/C20H16Br2N4O3/c21-14-4-6-17(7-5-14)28-12-26-11-16(10-23-26)24-20(27)19-9-18(25-29-19)13-2-1-3-15(22)8-13/h1-8,10-11,19H,9,12H2,(H,24,27). The number of halogens is 2. The number of ether oxygens (including phenoxy) is 1. The summed E-state index contributed by atoms with van der Waals surface area (Å²) in [6, 6.07) is 15.2. The predicted molar refractivity (Wildman–Crippen MR) is 116 cm³/mol. The summed E-state index contributed by atoms with van der Waals surface area (Å²) in [4.78, 5) is 17.8. The Kier molecular flexibility index (Phi) is 5.96. The van der Waals surface area contributed by atoms with Crippen LogP contribution in [0.3, 0.4) is 0 Å². The van der Waals surface area contributed by atoms with Crippen molar-refractivity contribution in [2.75, 3.05) is 5.32 Å². The number of carbonyl (C=O) groups excluding carboxylic acids is 1. The van der Waals surface area contributed by atoms with Crippen molar-refractivity contribution in [3.05, 3.63) is 75.4 Å². The van der Waals surface area contributed by atoms with Crippen LogP contribution >= 0.6 is 31.9 Å². The minimum atomic E-state index is -0.675. The number of hydrogen-bond donors (Lipinski definition) is 1. The van der Waals surface area contributed by atoms with Crippen molar-refractivity contribution >= 4 is 49.2 Å². The summed E-state index contributed by atoms with van der Waals surface area (Å²) in [7, 11) is 0. The highest BCUT2D eigenvalue weighted by Crippen LogP contribution is 2.21. The van der Waals surface area contributed by atoms with Gasteiger partial charge in [0, 0.05) is 20.9 Å². The smallest absolute Gasteiger partial charge is 0.268 e. The van der Waals surface area contributed by atoms with Gasteiger partial charge < -0.3 is 14.9 Å². The van der Waals surface area contributed by atoms with Crippen LogP contribution in [0.5, 0.6) is 5.75 Å². The number of aromatic nitrogens is 2. The number of nitrogens with zero attached hydrogens (tertiary/aromatic N) is 3. The molecule has 29 heavy (non-hydrogen) atoms. The second-order valence-electron chi connectivity index (χ2n) is 6.33. The molecule has 3 aromatic rings. The van der Waals surface area contributed by atoms with Crippen LogP contribution in [0.2, 0.25) is 0 Å². The van der Waals surface area contributed by atoms with E-state index in [9.17, 15) is 4.79 Å². The minimum Gasteiger partial charge on any atom is -0.471 e. The van der Waals surface area contributed by atoms with E-state index in [4.69, 9.17) is 9.57 Å². The van der Waals surface area contributed by atoms with Crippen molar-refractivity contribution in [2.24, 2.45) is 5.16 Å². The SMILES string of the molecule is O=C(Nc1cnn(COc2ccc(Br)cc2)c1)C1CC(c2cccc(Br)c2)=NO1. The number of oxime groups is 1. The van der Waals surface area contributed by atoms with Gasteiger partial charge in [0.1, 0.15) is 5.75 Å². The Morgan fingerprint density at radius 2 is 2.03 bits per heavy atom. The Balaban J connectivity index is 1.30. The molecule has 9 heteroatoms. The molecule has 0 aliphatic carbocycles. The Hall–Kier alpha value is -2.65. The minimum absolute atomic E-state index is 0.230. The third-order valence-electron chi connectivity index (χ3n) is 4.20. The molecule has 0 spiro atoms. The highest BCUT2D eigenvalue weighted by molar-refractivity contribution is 9.10. The fourth-order valence-corrected chi connectivity index (χ4v) is 3.41. The van der Waals surface area contributed by atoms with Gasteiger partial charge in [-0.2, -0.15) is 5.10 Å². The number of amides is 1. The van der Waals surface area contributed by atoms with E-state index in [1.54, 1.807) is 17.1 Å². The lowest BCUT2D eigenvalue weighted by Gasteiger charge is -2.08. The maximum atomic E-state index is 12.5. The molecule has 1 N–H and O–H groups in total. The van der Waals surface area contributed by atoms with Gasteiger partial charge in [-0.05, 0) is 36.4 Å². The molecular weight excluding hydrogens is 504 g/mol. The van der Waals surface area contributed by atoms with Crippen LogP contribution in [0, 0.1) is 0 Å². The second kappa shape index (κ2) is 8.79. The van der Waals surface area contributed by atoms with Crippen LogP contribution in [0.1, 0.15) is 12.0 Å². The molecule has 1 amide bonds. The van der Waals surface area contributed by atoms with Crippen molar-refractivity contribution in [2.45, 2.75) is 19.3 Å². The first kappa shape index (κ1) is 19.7. The van der Waals surface area contributed by atoms with E-state index in [1.807, 2.05) is 48.5 Å². The highest BCUT2D eigenvalue weighted by atomic mass is 79.9. The Morgan fingerprint density at radius 3 is 2.83 bits per heavy atom. The summed E-state index contributed by atoms with van der Waals surface area (Å²) in [6.45, 7) is 0.230. The van der Waals surface area contributed by atoms with Crippen molar-refractivity contribution in [1.29, 1.82) is 0 Å².